The summed E-state index contributed by atoms with van der Waals surface area (Å²) in [6, 6.07) is 23.3. The van der Waals surface area contributed by atoms with Crippen LogP contribution in [-0.4, -0.2) is 23.6 Å². The summed E-state index contributed by atoms with van der Waals surface area (Å²) in [4.78, 5) is 8.99. The minimum atomic E-state index is 0.564. The molecule has 1 N–H and O–H groups in total. The molecule has 2 aromatic carbocycles. The Morgan fingerprint density at radius 2 is 1.79 bits per heavy atom. The molecule has 28 heavy (non-hydrogen) atoms. The van der Waals surface area contributed by atoms with E-state index in [9.17, 15) is 0 Å². The first-order valence-corrected chi connectivity index (χ1v) is 9.09. The first-order chi connectivity index (χ1) is 13.8. The van der Waals surface area contributed by atoms with E-state index in [1.54, 1.807) is 12.4 Å². The molecule has 0 spiro atoms. The van der Waals surface area contributed by atoms with Crippen molar-refractivity contribution in [3.05, 3.63) is 96.3 Å². The molecule has 3 aromatic rings. The summed E-state index contributed by atoms with van der Waals surface area (Å²) in [5.41, 5.74) is 5.59. The Balaban J connectivity index is 1.74. The minimum absolute atomic E-state index is 0.564. The van der Waals surface area contributed by atoms with Crippen molar-refractivity contribution in [1.82, 2.24) is 10.4 Å². The van der Waals surface area contributed by atoms with E-state index < -0.39 is 0 Å². The van der Waals surface area contributed by atoms with Gasteiger partial charge in [0.2, 0.25) is 0 Å². The van der Waals surface area contributed by atoms with Gasteiger partial charge in [0.1, 0.15) is 11.4 Å². The second kappa shape index (κ2) is 10.4. The lowest BCUT2D eigenvalue weighted by Gasteiger charge is -2.06. The SMILES string of the molecule is CCOc1ccc(N=C(NN=CC=Cc2ccccc2)c2ccccn2)cc1. The van der Waals surface area contributed by atoms with Crippen molar-refractivity contribution in [2.75, 3.05) is 6.61 Å². The number of hydrogen-bond donors (Lipinski definition) is 1. The predicted molar refractivity (Wildman–Crippen MR) is 115 cm³/mol. The molecule has 140 valence electrons. The molecule has 0 bridgehead atoms. The summed E-state index contributed by atoms with van der Waals surface area (Å²) < 4.78 is 5.47. The first-order valence-electron chi connectivity index (χ1n) is 9.09. The molecular formula is C23H22N4O. The van der Waals surface area contributed by atoms with Crippen LogP contribution in [-0.2, 0) is 0 Å². The largest absolute Gasteiger partial charge is 0.494 e. The van der Waals surface area contributed by atoms with Crippen LogP contribution in [0.1, 0.15) is 18.2 Å². The second-order valence-electron chi connectivity index (χ2n) is 5.76. The smallest absolute Gasteiger partial charge is 0.172 e. The van der Waals surface area contributed by atoms with E-state index >= 15 is 0 Å². The van der Waals surface area contributed by atoms with Gasteiger partial charge in [-0.1, -0.05) is 42.5 Å². The van der Waals surface area contributed by atoms with Crippen molar-refractivity contribution in [3.63, 3.8) is 0 Å². The number of amidine groups is 1. The number of aromatic nitrogens is 1. The third-order valence-electron chi connectivity index (χ3n) is 3.72. The Morgan fingerprint density at radius 3 is 2.50 bits per heavy atom. The zero-order valence-electron chi connectivity index (χ0n) is 15.7. The number of allylic oxidation sites excluding steroid dienone is 1. The predicted octanol–water partition coefficient (Wildman–Crippen LogP) is 4.85. The fourth-order valence-corrected chi connectivity index (χ4v) is 2.41. The van der Waals surface area contributed by atoms with Crippen LogP contribution in [0.4, 0.5) is 5.69 Å². The molecule has 0 saturated carbocycles. The van der Waals surface area contributed by atoms with Crippen molar-refractivity contribution in [1.29, 1.82) is 0 Å². The molecule has 0 fully saturated rings. The maximum Gasteiger partial charge on any atom is 0.172 e. The Hall–Kier alpha value is -3.73. The Kier molecular flexibility index (Phi) is 7.09. The molecule has 0 aliphatic rings. The van der Waals surface area contributed by atoms with Crippen molar-refractivity contribution < 1.29 is 4.74 Å². The standard InChI is InChI=1S/C23H22N4O/c1-2-28-21-15-13-20(14-16-21)26-23(22-12-6-7-17-24-22)27-25-18-8-11-19-9-4-3-5-10-19/h3-18H,2H2,1H3,(H,26,27). The van der Waals surface area contributed by atoms with Crippen LogP contribution in [0.15, 0.2) is 95.2 Å². The van der Waals surface area contributed by atoms with Crippen LogP contribution in [0.3, 0.4) is 0 Å². The molecular weight excluding hydrogens is 348 g/mol. The average Bonchev–Trinajstić information content (AvgIpc) is 2.75. The lowest BCUT2D eigenvalue weighted by atomic mass is 10.2. The van der Waals surface area contributed by atoms with Crippen molar-refractivity contribution in [3.8, 4) is 5.75 Å². The van der Waals surface area contributed by atoms with Gasteiger partial charge in [-0.25, -0.2) is 4.99 Å². The second-order valence-corrected chi connectivity index (χ2v) is 5.76. The Bertz CT molecular complexity index is 933. The van der Waals surface area contributed by atoms with E-state index in [1.807, 2.05) is 91.9 Å². The highest BCUT2D eigenvalue weighted by Gasteiger charge is 2.04. The number of pyridine rings is 1. The van der Waals surface area contributed by atoms with Gasteiger partial charge >= 0.3 is 0 Å². The highest BCUT2D eigenvalue weighted by atomic mass is 16.5. The van der Waals surface area contributed by atoms with Crippen molar-refractivity contribution >= 4 is 23.8 Å². The van der Waals surface area contributed by atoms with Crippen LogP contribution < -0.4 is 10.2 Å². The van der Waals surface area contributed by atoms with E-state index in [0.29, 0.717) is 18.1 Å². The zero-order valence-corrected chi connectivity index (χ0v) is 15.7. The molecule has 0 radical (unpaired) electrons. The van der Waals surface area contributed by atoms with Crippen molar-refractivity contribution in [2.45, 2.75) is 6.92 Å². The third kappa shape index (κ3) is 5.92. The van der Waals surface area contributed by atoms with Gasteiger partial charge in [-0.05, 0) is 55.0 Å². The molecule has 3 rings (SSSR count). The van der Waals surface area contributed by atoms with E-state index in [-0.39, 0.29) is 0 Å². The summed E-state index contributed by atoms with van der Waals surface area (Å²) in [6.45, 7) is 2.59. The van der Waals surface area contributed by atoms with Gasteiger partial charge in [0, 0.05) is 12.4 Å². The Labute approximate surface area is 165 Å². The number of hydrazone groups is 1. The third-order valence-corrected chi connectivity index (χ3v) is 3.72. The zero-order chi connectivity index (χ0) is 19.4. The van der Waals surface area contributed by atoms with Crippen LogP contribution in [0.5, 0.6) is 5.75 Å². The molecule has 5 heteroatoms. The van der Waals surface area contributed by atoms with Crippen LogP contribution >= 0.6 is 0 Å². The topological polar surface area (TPSA) is 58.9 Å². The van der Waals surface area contributed by atoms with Gasteiger partial charge in [-0.2, -0.15) is 5.10 Å². The number of nitrogens with one attached hydrogen (secondary N) is 1. The molecule has 0 unspecified atom stereocenters. The molecule has 0 saturated heterocycles. The van der Waals surface area contributed by atoms with Gasteiger partial charge in [0.25, 0.3) is 0 Å². The molecule has 0 amide bonds. The minimum Gasteiger partial charge on any atom is -0.494 e. The fraction of sp³-hybridized carbons (Fsp3) is 0.0870. The van der Waals surface area contributed by atoms with Crippen molar-refractivity contribution in [2.24, 2.45) is 10.1 Å². The summed E-state index contributed by atoms with van der Waals surface area (Å²) in [7, 11) is 0. The summed E-state index contributed by atoms with van der Waals surface area (Å²) in [5.74, 6) is 1.38. The normalized spacial score (nSPS) is 11.8. The number of nitrogens with zero attached hydrogens (tertiary/aromatic N) is 3. The maximum atomic E-state index is 5.47. The van der Waals surface area contributed by atoms with Gasteiger partial charge in [0.15, 0.2) is 5.84 Å². The number of ether oxygens (including phenoxy) is 1. The number of benzene rings is 2. The molecule has 0 aliphatic heterocycles. The monoisotopic (exact) mass is 370 g/mol. The lowest BCUT2D eigenvalue weighted by Crippen LogP contribution is -2.19. The highest BCUT2D eigenvalue weighted by Crippen LogP contribution is 2.18. The van der Waals surface area contributed by atoms with E-state index in [0.717, 1.165) is 17.0 Å². The van der Waals surface area contributed by atoms with Gasteiger partial charge in [-0.3, -0.25) is 10.4 Å². The van der Waals surface area contributed by atoms with Gasteiger partial charge in [0.05, 0.1) is 12.3 Å². The highest BCUT2D eigenvalue weighted by molar-refractivity contribution is 5.99. The van der Waals surface area contributed by atoms with Gasteiger partial charge < -0.3 is 4.74 Å². The molecule has 1 heterocycles. The Morgan fingerprint density at radius 1 is 1.00 bits per heavy atom. The maximum absolute atomic E-state index is 5.47. The molecule has 0 atom stereocenters. The number of aliphatic imine (C=N–C) groups is 1. The molecule has 5 nitrogen and oxygen atoms in total. The van der Waals surface area contributed by atoms with Crippen LogP contribution in [0, 0.1) is 0 Å². The van der Waals surface area contributed by atoms with Crippen LogP contribution in [0.25, 0.3) is 6.08 Å². The van der Waals surface area contributed by atoms with Gasteiger partial charge in [-0.15, -0.1) is 0 Å². The number of hydrogen-bond acceptors (Lipinski definition) is 4. The molecule has 0 aliphatic carbocycles. The van der Waals surface area contributed by atoms with E-state index in [1.165, 1.54) is 0 Å². The average molecular weight is 370 g/mol. The first kappa shape index (κ1) is 19.0. The van der Waals surface area contributed by atoms with E-state index in [4.69, 9.17) is 4.74 Å². The lowest BCUT2D eigenvalue weighted by molar-refractivity contribution is 0.340. The molecule has 1 aromatic heterocycles. The summed E-state index contributed by atoms with van der Waals surface area (Å²) in [6.07, 6.45) is 7.26. The summed E-state index contributed by atoms with van der Waals surface area (Å²) >= 11 is 0. The number of rotatable bonds is 7. The quantitative estimate of drug-likeness (QED) is 0.367. The fourth-order valence-electron chi connectivity index (χ4n) is 2.41. The van der Waals surface area contributed by atoms with E-state index in [2.05, 4.69) is 20.5 Å². The van der Waals surface area contributed by atoms with Crippen LogP contribution in [0.2, 0.25) is 0 Å². The summed E-state index contributed by atoms with van der Waals surface area (Å²) in [5, 5.41) is 4.25.